The van der Waals surface area contributed by atoms with Crippen LogP contribution in [0, 0.1) is 11.8 Å². The van der Waals surface area contributed by atoms with Crippen molar-refractivity contribution in [3.8, 4) is 0 Å². The number of thiophene rings is 1. The lowest BCUT2D eigenvalue weighted by molar-refractivity contribution is -0.149. The molecule has 1 aromatic rings. The van der Waals surface area contributed by atoms with Gasteiger partial charge < -0.3 is 10.4 Å². The largest absolute Gasteiger partial charge is 0.481 e. The first-order valence-electron chi connectivity index (χ1n) is 7.20. The van der Waals surface area contributed by atoms with Gasteiger partial charge in [0.05, 0.1) is 17.9 Å². The molecule has 0 bridgehead atoms. The molecule has 110 valence electrons. The Morgan fingerprint density at radius 3 is 2.65 bits per heavy atom. The second-order valence-corrected chi connectivity index (χ2v) is 6.30. The summed E-state index contributed by atoms with van der Waals surface area (Å²) in [5, 5.41) is 14.3. The molecule has 1 amide bonds. The molecule has 1 heterocycles. The van der Waals surface area contributed by atoms with Crippen molar-refractivity contribution < 1.29 is 14.7 Å². The van der Waals surface area contributed by atoms with E-state index in [9.17, 15) is 14.7 Å². The summed E-state index contributed by atoms with van der Waals surface area (Å²) < 4.78 is 0. The van der Waals surface area contributed by atoms with Gasteiger partial charge in [0.15, 0.2) is 0 Å². The summed E-state index contributed by atoms with van der Waals surface area (Å²) in [6.45, 7) is 2.03. The standard InChI is InChI=1S/C15H21NO3S/c1-2-12(13-8-5-9-20-13)16-14(17)10-6-3-4-7-11(10)15(18)19/h5,8-12H,2-4,6-7H2,1H3,(H,16,17)(H,18,19). The predicted octanol–water partition coefficient (Wildman–Crippen LogP) is 3.21. The molecule has 4 nitrogen and oxygen atoms in total. The van der Waals surface area contributed by atoms with Crippen molar-refractivity contribution in [2.75, 3.05) is 0 Å². The van der Waals surface area contributed by atoms with Gasteiger partial charge in [-0.3, -0.25) is 9.59 Å². The Labute approximate surface area is 123 Å². The second kappa shape index (κ2) is 6.88. The average Bonchev–Trinajstić information content (AvgIpc) is 2.98. The molecule has 1 saturated carbocycles. The Bertz CT molecular complexity index is 458. The fourth-order valence-electron chi connectivity index (χ4n) is 2.88. The first-order chi connectivity index (χ1) is 9.63. The van der Waals surface area contributed by atoms with Gasteiger partial charge in [-0.25, -0.2) is 0 Å². The van der Waals surface area contributed by atoms with Crippen molar-refractivity contribution in [2.24, 2.45) is 11.8 Å². The van der Waals surface area contributed by atoms with Crippen molar-refractivity contribution in [2.45, 2.75) is 45.1 Å². The van der Waals surface area contributed by atoms with E-state index in [4.69, 9.17) is 0 Å². The summed E-state index contributed by atoms with van der Waals surface area (Å²) in [6, 6.07) is 3.98. The Morgan fingerprint density at radius 1 is 1.40 bits per heavy atom. The summed E-state index contributed by atoms with van der Waals surface area (Å²) >= 11 is 1.62. The molecule has 1 fully saturated rings. The van der Waals surface area contributed by atoms with Gasteiger partial charge >= 0.3 is 5.97 Å². The van der Waals surface area contributed by atoms with Gasteiger partial charge in [0.2, 0.25) is 5.91 Å². The maximum absolute atomic E-state index is 12.4. The molecular weight excluding hydrogens is 274 g/mol. The average molecular weight is 295 g/mol. The van der Waals surface area contributed by atoms with E-state index in [-0.39, 0.29) is 17.9 Å². The van der Waals surface area contributed by atoms with Crippen LogP contribution in [0.2, 0.25) is 0 Å². The first kappa shape index (κ1) is 15.0. The number of carbonyl (C=O) groups excluding carboxylic acids is 1. The minimum atomic E-state index is -0.839. The van der Waals surface area contributed by atoms with Crippen molar-refractivity contribution in [1.29, 1.82) is 0 Å². The third-order valence-corrected chi connectivity index (χ3v) is 5.02. The van der Waals surface area contributed by atoms with E-state index in [2.05, 4.69) is 5.32 Å². The molecular formula is C15H21NO3S. The van der Waals surface area contributed by atoms with E-state index in [0.29, 0.717) is 12.8 Å². The van der Waals surface area contributed by atoms with E-state index in [1.807, 2.05) is 24.4 Å². The van der Waals surface area contributed by atoms with E-state index in [1.54, 1.807) is 11.3 Å². The lowest BCUT2D eigenvalue weighted by Gasteiger charge is -2.29. The highest BCUT2D eigenvalue weighted by atomic mass is 32.1. The predicted molar refractivity (Wildman–Crippen MR) is 78.6 cm³/mol. The molecule has 3 unspecified atom stereocenters. The third-order valence-electron chi connectivity index (χ3n) is 4.03. The summed E-state index contributed by atoms with van der Waals surface area (Å²) in [6.07, 6.45) is 3.96. The number of carbonyl (C=O) groups is 2. The van der Waals surface area contributed by atoms with Crippen LogP contribution in [-0.4, -0.2) is 17.0 Å². The highest BCUT2D eigenvalue weighted by Gasteiger charge is 2.36. The smallest absolute Gasteiger partial charge is 0.307 e. The van der Waals surface area contributed by atoms with Crippen LogP contribution in [0.5, 0.6) is 0 Å². The summed E-state index contributed by atoms with van der Waals surface area (Å²) in [5.41, 5.74) is 0. The lowest BCUT2D eigenvalue weighted by atomic mass is 9.78. The zero-order chi connectivity index (χ0) is 14.5. The Balaban J connectivity index is 2.04. The lowest BCUT2D eigenvalue weighted by Crippen LogP contribution is -2.41. The number of rotatable bonds is 5. The molecule has 1 aliphatic carbocycles. The minimum Gasteiger partial charge on any atom is -0.481 e. The quantitative estimate of drug-likeness (QED) is 0.876. The van der Waals surface area contributed by atoms with Crippen LogP contribution in [0.3, 0.4) is 0 Å². The van der Waals surface area contributed by atoms with E-state index in [1.165, 1.54) is 0 Å². The van der Waals surface area contributed by atoms with Crippen molar-refractivity contribution in [1.82, 2.24) is 5.32 Å². The molecule has 2 rings (SSSR count). The van der Waals surface area contributed by atoms with E-state index < -0.39 is 11.9 Å². The number of hydrogen-bond donors (Lipinski definition) is 2. The SMILES string of the molecule is CCC(NC(=O)C1CCCCC1C(=O)O)c1cccs1. The molecule has 5 heteroatoms. The van der Waals surface area contributed by atoms with Gasteiger partial charge in [0.1, 0.15) is 0 Å². The Hall–Kier alpha value is -1.36. The maximum atomic E-state index is 12.4. The normalized spacial score (nSPS) is 24.1. The van der Waals surface area contributed by atoms with Crippen LogP contribution in [0.25, 0.3) is 0 Å². The molecule has 0 spiro atoms. The van der Waals surface area contributed by atoms with Crippen molar-refractivity contribution in [3.05, 3.63) is 22.4 Å². The zero-order valence-corrected chi connectivity index (χ0v) is 12.5. The molecule has 0 aromatic carbocycles. The minimum absolute atomic E-state index is 0.00104. The number of carboxylic acid groups (broad SMARTS) is 1. The fourth-order valence-corrected chi connectivity index (χ4v) is 3.74. The number of nitrogens with one attached hydrogen (secondary N) is 1. The Morgan fingerprint density at radius 2 is 2.10 bits per heavy atom. The van der Waals surface area contributed by atoms with Crippen LogP contribution < -0.4 is 5.32 Å². The number of aliphatic carboxylic acids is 1. The zero-order valence-electron chi connectivity index (χ0n) is 11.7. The molecule has 1 aromatic heterocycles. The highest BCUT2D eigenvalue weighted by molar-refractivity contribution is 7.10. The summed E-state index contributed by atoms with van der Waals surface area (Å²) in [5.74, 6) is -1.84. The second-order valence-electron chi connectivity index (χ2n) is 5.32. The topological polar surface area (TPSA) is 66.4 Å². The van der Waals surface area contributed by atoms with Crippen LogP contribution in [0.15, 0.2) is 17.5 Å². The van der Waals surface area contributed by atoms with Crippen LogP contribution in [-0.2, 0) is 9.59 Å². The summed E-state index contributed by atoms with van der Waals surface area (Å²) in [7, 11) is 0. The van der Waals surface area contributed by atoms with Crippen LogP contribution in [0.1, 0.15) is 49.9 Å². The number of carboxylic acids is 1. The van der Waals surface area contributed by atoms with Gasteiger partial charge in [-0.1, -0.05) is 25.8 Å². The monoisotopic (exact) mass is 295 g/mol. The van der Waals surface area contributed by atoms with Gasteiger partial charge in [-0.2, -0.15) is 0 Å². The molecule has 0 saturated heterocycles. The van der Waals surface area contributed by atoms with Gasteiger partial charge in [0, 0.05) is 4.88 Å². The van der Waals surface area contributed by atoms with E-state index in [0.717, 1.165) is 24.1 Å². The molecule has 0 aliphatic heterocycles. The highest BCUT2D eigenvalue weighted by Crippen LogP contribution is 2.31. The maximum Gasteiger partial charge on any atom is 0.307 e. The van der Waals surface area contributed by atoms with Gasteiger partial charge in [-0.15, -0.1) is 11.3 Å². The number of amides is 1. The van der Waals surface area contributed by atoms with Gasteiger partial charge in [-0.05, 0) is 30.7 Å². The van der Waals surface area contributed by atoms with Crippen molar-refractivity contribution >= 4 is 23.2 Å². The molecule has 20 heavy (non-hydrogen) atoms. The molecule has 2 N–H and O–H groups in total. The van der Waals surface area contributed by atoms with Crippen LogP contribution in [0.4, 0.5) is 0 Å². The fraction of sp³-hybridized carbons (Fsp3) is 0.600. The molecule has 3 atom stereocenters. The van der Waals surface area contributed by atoms with Crippen LogP contribution >= 0.6 is 11.3 Å². The first-order valence-corrected chi connectivity index (χ1v) is 8.08. The van der Waals surface area contributed by atoms with Gasteiger partial charge in [0.25, 0.3) is 0 Å². The molecule has 1 aliphatic rings. The Kier molecular flexibility index (Phi) is 5.17. The molecule has 0 radical (unpaired) electrons. The van der Waals surface area contributed by atoms with Crippen molar-refractivity contribution in [3.63, 3.8) is 0 Å². The number of hydrogen-bond acceptors (Lipinski definition) is 3. The summed E-state index contributed by atoms with van der Waals surface area (Å²) in [4.78, 5) is 24.8. The third kappa shape index (κ3) is 3.39. The van der Waals surface area contributed by atoms with E-state index >= 15 is 0 Å².